The molecule has 1 saturated carbocycles. The molecule has 0 unspecified atom stereocenters. The molecule has 0 saturated heterocycles. The molecular weight excluding hydrogens is 221 g/mol. The number of carboxylic acids is 1. The summed E-state index contributed by atoms with van der Waals surface area (Å²) in [4.78, 5) is 11.3. The smallest absolute Gasteiger partial charge is 0.329 e. The quantitative estimate of drug-likeness (QED) is 0.849. The van der Waals surface area contributed by atoms with Gasteiger partial charge in [0, 0.05) is 0 Å². The average Bonchev–Trinajstić information content (AvgIpc) is 2.73. The lowest BCUT2D eigenvalue weighted by molar-refractivity contribution is -0.142. The molecule has 2 rings (SSSR count). The van der Waals surface area contributed by atoms with Crippen molar-refractivity contribution in [3.8, 4) is 0 Å². The van der Waals surface area contributed by atoms with Crippen LogP contribution in [0.1, 0.15) is 31.2 Å². The third-order valence-electron chi connectivity index (χ3n) is 3.36. The first-order valence-corrected chi connectivity index (χ1v) is 5.81. The predicted octanol–water partition coefficient (Wildman–Crippen LogP) is 2.94. The van der Waals surface area contributed by atoms with Crippen molar-refractivity contribution in [2.24, 2.45) is 0 Å². The second-order valence-electron chi connectivity index (χ2n) is 4.70. The summed E-state index contributed by atoms with van der Waals surface area (Å²) in [6.45, 7) is 1.85. The number of anilines is 1. The lowest BCUT2D eigenvalue weighted by Gasteiger charge is -2.27. The summed E-state index contributed by atoms with van der Waals surface area (Å²) in [5.74, 6) is -1.29. The number of carbonyl (C=O) groups is 1. The summed E-state index contributed by atoms with van der Waals surface area (Å²) in [6, 6.07) is 4.68. The largest absolute Gasteiger partial charge is 0.480 e. The van der Waals surface area contributed by atoms with Gasteiger partial charge in [0.15, 0.2) is 0 Å². The molecule has 0 aliphatic heterocycles. The maximum Gasteiger partial charge on any atom is 0.329 e. The number of aliphatic carboxylic acids is 1. The minimum Gasteiger partial charge on any atom is -0.480 e. The van der Waals surface area contributed by atoms with Crippen LogP contribution in [0.15, 0.2) is 18.2 Å². The summed E-state index contributed by atoms with van der Waals surface area (Å²) in [5, 5.41) is 12.2. The van der Waals surface area contributed by atoms with E-state index in [1.54, 1.807) is 12.1 Å². The van der Waals surface area contributed by atoms with Crippen LogP contribution in [0.5, 0.6) is 0 Å². The van der Waals surface area contributed by atoms with Crippen LogP contribution in [0.2, 0.25) is 0 Å². The molecule has 0 bridgehead atoms. The van der Waals surface area contributed by atoms with Gasteiger partial charge in [-0.15, -0.1) is 0 Å². The van der Waals surface area contributed by atoms with Gasteiger partial charge in [0.1, 0.15) is 11.4 Å². The van der Waals surface area contributed by atoms with Gasteiger partial charge in [-0.25, -0.2) is 9.18 Å². The Bertz CT molecular complexity index is 439. The fourth-order valence-electron chi connectivity index (χ4n) is 2.36. The Morgan fingerprint density at radius 2 is 2.06 bits per heavy atom. The highest BCUT2D eigenvalue weighted by Crippen LogP contribution is 2.34. The van der Waals surface area contributed by atoms with E-state index in [0.717, 1.165) is 18.4 Å². The van der Waals surface area contributed by atoms with Gasteiger partial charge in [0.25, 0.3) is 0 Å². The number of halogens is 1. The first-order valence-electron chi connectivity index (χ1n) is 5.81. The molecule has 4 heteroatoms. The van der Waals surface area contributed by atoms with E-state index in [0.29, 0.717) is 12.8 Å². The molecule has 17 heavy (non-hydrogen) atoms. The number of benzene rings is 1. The number of aryl methyl sites for hydroxylation is 1. The molecule has 0 heterocycles. The van der Waals surface area contributed by atoms with Crippen LogP contribution in [0.4, 0.5) is 10.1 Å². The summed E-state index contributed by atoms with van der Waals surface area (Å²) >= 11 is 0. The van der Waals surface area contributed by atoms with Crippen LogP contribution in [-0.2, 0) is 4.79 Å². The maximum absolute atomic E-state index is 13.6. The lowest BCUT2D eigenvalue weighted by Crippen LogP contribution is -2.43. The zero-order valence-electron chi connectivity index (χ0n) is 9.79. The number of carboxylic acid groups (broad SMARTS) is 1. The van der Waals surface area contributed by atoms with E-state index >= 15 is 0 Å². The molecule has 3 nitrogen and oxygen atoms in total. The second-order valence-corrected chi connectivity index (χ2v) is 4.70. The molecule has 1 aromatic rings. The molecule has 1 aromatic carbocycles. The van der Waals surface area contributed by atoms with Crippen molar-refractivity contribution in [2.45, 2.75) is 38.1 Å². The molecule has 0 radical (unpaired) electrons. The number of hydrogen-bond acceptors (Lipinski definition) is 2. The van der Waals surface area contributed by atoms with Gasteiger partial charge < -0.3 is 10.4 Å². The van der Waals surface area contributed by atoms with Gasteiger partial charge in [0.2, 0.25) is 0 Å². The van der Waals surface area contributed by atoms with Crippen LogP contribution < -0.4 is 5.32 Å². The molecule has 1 aliphatic carbocycles. The zero-order valence-corrected chi connectivity index (χ0v) is 9.79. The van der Waals surface area contributed by atoms with Gasteiger partial charge in [0.05, 0.1) is 5.69 Å². The summed E-state index contributed by atoms with van der Waals surface area (Å²) < 4.78 is 13.6. The first kappa shape index (κ1) is 11.9. The van der Waals surface area contributed by atoms with Crippen molar-refractivity contribution >= 4 is 11.7 Å². The van der Waals surface area contributed by atoms with Crippen LogP contribution >= 0.6 is 0 Å². The Kier molecular flexibility index (Phi) is 3.05. The highest BCUT2D eigenvalue weighted by atomic mass is 19.1. The van der Waals surface area contributed by atoms with E-state index in [4.69, 9.17) is 0 Å². The highest BCUT2D eigenvalue weighted by Gasteiger charge is 2.41. The summed E-state index contributed by atoms with van der Waals surface area (Å²) in [7, 11) is 0. The van der Waals surface area contributed by atoms with Crippen molar-refractivity contribution in [2.75, 3.05) is 5.32 Å². The van der Waals surface area contributed by atoms with Crippen LogP contribution in [0, 0.1) is 12.7 Å². The molecule has 0 amide bonds. The van der Waals surface area contributed by atoms with Gasteiger partial charge in [-0.05, 0) is 37.5 Å². The van der Waals surface area contributed by atoms with E-state index < -0.39 is 17.3 Å². The van der Waals surface area contributed by atoms with E-state index in [1.807, 2.05) is 6.92 Å². The summed E-state index contributed by atoms with van der Waals surface area (Å²) in [6.07, 6.45) is 2.84. The van der Waals surface area contributed by atoms with Crippen LogP contribution in [0.3, 0.4) is 0 Å². The SMILES string of the molecule is Cc1ccc(F)c(NC2(C(=O)O)CCCC2)c1. The van der Waals surface area contributed by atoms with Crippen molar-refractivity contribution in [3.63, 3.8) is 0 Å². The van der Waals surface area contributed by atoms with Gasteiger partial charge >= 0.3 is 5.97 Å². The molecule has 0 spiro atoms. The van der Waals surface area contributed by atoms with Crippen molar-refractivity contribution in [1.82, 2.24) is 0 Å². The Balaban J connectivity index is 2.29. The highest BCUT2D eigenvalue weighted by molar-refractivity contribution is 5.83. The fraction of sp³-hybridized carbons (Fsp3) is 0.462. The normalized spacial score (nSPS) is 18.0. The summed E-state index contributed by atoms with van der Waals surface area (Å²) in [5.41, 5.74) is 0.205. The zero-order chi connectivity index (χ0) is 12.5. The second kappa shape index (κ2) is 4.35. The minimum absolute atomic E-state index is 0.286. The standard InChI is InChI=1S/C13H16FNO2/c1-9-4-5-10(14)11(8-9)15-13(12(16)17)6-2-3-7-13/h4-5,8,15H,2-3,6-7H2,1H3,(H,16,17). The maximum atomic E-state index is 13.6. The molecule has 0 aromatic heterocycles. The molecular formula is C13H16FNO2. The van der Waals surface area contributed by atoms with Crippen molar-refractivity contribution < 1.29 is 14.3 Å². The van der Waals surface area contributed by atoms with E-state index in [9.17, 15) is 14.3 Å². The molecule has 1 aliphatic rings. The van der Waals surface area contributed by atoms with Gasteiger partial charge in [-0.3, -0.25) is 0 Å². The van der Waals surface area contributed by atoms with Crippen LogP contribution in [0.25, 0.3) is 0 Å². The Labute approximate surface area is 99.7 Å². The number of rotatable bonds is 3. The minimum atomic E-state index is -0.991. The Morgan fingerprint density at radius 3 is 2.65 bits per heavy atom. The third kappa shape index (κ3) is 2.25. The third-order valence-corrected chi connectivity index (χ3v) is 3.36. The lowest BCUT2D eigenvalue weighted by atomic mass is 9.97. The van der Waals surface area contributed by atoms with Gasteiger partial charge in [-0.1, -0.05) is 18.9 Å². The fourth-order valence-corrected chi connectivity index (χ4v) is 2.36. The Hall–Kier alpha value is -1.58. The van der Waals surface area contributed by atoms with Crippen LogP contribution in [-0.4, -0.2) is 16.6 Å². The number of hydrogen-bond donors (Lipinski definition) is 2. The Morgan fingerprint density at radius 1 is 1.41 bits per heavy atom. The predicted molar refractivity (Wildman–Crippen MR) is 63.6 cm³/mol. The van der Waals surface area contributed by atoms with E-state index in [2.05, 4.69) is 5.32 Å². The van der Waals surface area contributed by atoms with E-state index in [-0.39, 0.29) is 5.69 Å². The number of nitrogens with one attached hydrogen (secondary N) is 1. The molecule has 92 valence electrons. The van der Waals surface area contributed by atoms with E-state index in [1.165, 1.54) is 6.07 Å². The monoisotopic (exact) mass is 237 g/mol. The van der Waals surface area contributed by atoms with Crippen molar-refractivity contribution in [3.05, 3.63) is 29.6 Å². The molecule has 0 atom stereocenters. The van der Waals surface area contributed by atoms with Gasteiger partial charge in [-0.2, -0.15) is 0 Å². The molecule has 2 N–H and O–H groups in total. The topological polar surface area (TPSA) is 49.3 Å². The average molecular weight is 237 g/mol. The van der Waals surface area contributed by atoms with Crippen molar-refractivity contribution in [1.29, 1.82) is 0 Å². The first-order chi connectivity index (χ1) is 8.03. The molecule has 1 fully saturated rings.